The van der Waals surface area contributed by atoms with Crippen molar-refractivity contribution in [1.29, 1.82) is 0 Å². The molecule has 23 heavy (non-hydrogen) atoms. The first-order chi connectivity index (χ1) is 11.1. The van der Waals surface area contributed by atoms with Crippen LogP contribution in [0.2, 0.25) is 0 Å². The van der Waals surface area contributed by atoms with Crippen LogP contribution in [-0.2, 0) is 9.47 Å². The second kappa shape index (κ2) is 8.80. The topological polar surface area (TPSA) is 105 Å². The van der Waals surface area contributed by atoms with Gasteiger partial charge in [0.15, 0.2) is 0 Å². The smallest absolute Gasteiger partial charge is 0.232 e. The number of anilines is 3. The highest BCUT2D eigenvalue weighted by Crippen LogP contribution is 2.17. The Bertz CT molecular complexity index is 486. The van der Waals surface area contributed by atoms with Crippen LogP contribution in [0.1, 0.15) is 13.8 Å². The fraction of sp³-hybridized carbons (Fsp3) is 0.786. The molecule has 1 fully saturated rings. The van der Waals surface area contributed by atoms with Crippen molar-refractivity contribution in [2.75, 3.05) is 62.1 Å². The van der Waals surface area contributed by atoms with Gasteiger partial charge in [-0.3, -0.25) is 0 Å². The number of nitrogens with zero attached hydrogens (tertiary/aromatic N) is 4. The summed E-state index contributed by atoms with van der Waals surface area (Å²) >= 11 is 0. The van der Waals surface area contributed by atoms with E-state index >= 15 is 0 Å². The van der Waals surface area contributed by atoms with Gasteiger partial charge in [0.25, 0.3) is 0 Å². The van der Waals surface area contributed by atoms with Crippen LogP contribution >= 0.6 is 0 Å². The first kappa shape index (κ1) is 17.6. The van der Waals surface area contributed by atoms with Gasteiger partial charge in [-0.15, -0.1) is 0 Å². The minimum atomic E-state index is 0.000809. The standard InChI is InChI=1S/C14H26N6O3/c1-10(2)16-13-17-12(15-4-6-21)18-14(19-13)20-5-7-23-11(8-20)9-22-3/h10-11,21H,4-9H2,1-3H3,(H2,15,16,17,18,19). The first-order valence-electron chi connectivity index (χ1n) is 7.85. The molecule has 9 heteroatoms. The lowest BCUT2D eigenvalue weighted by molar-refractivity contribution is -0.0104. The summed E-state index contributed by atoms with van der Waals surface area (Å²) in [6, 6.07) is 0.210. The van der Waals surface area contributed by atoms with E-state index in [-0.39, 0.29) is 18.8 Å². The predicted octanol–water partition coefficient (Wildman–Crippen LogP) is -0.0523. The molecular weight excluding hydrogens is 300 g/mol. The average Bonchev–Trinajstić information content (AvgIpc) is 2.53. The van der Waals surface area contributed by atoms with Gasteiger partial charge < -0.3 is 30.1 Å². The van der Waals surface area contributed by atoms with Crippen molar-refractivity contribution >= 4 is 17.8 Å². The third-order valence-electron chi connectivity index (χ3n) is 3.21. The van der Waals surface area contributed by atoms with Crippen LogP contribution in [0.15, 0.2) is 0 Å². The third kappa shape index (κ3) is 5.45. The minimum Gasteiger partial charge on any atom is -0.395 e. The molecule has 1 aromatic rings. The normalized spacial score (nSPS) is 18.3. The van der Waals surface area contributed by atoms with Crippen molar-refractivity contribution < 1.29 is 14.6 Å². The van der Waals surface area contributed by atoms with Gasteiger partial charge in [-0.25, -0.2) is 0 Å². The van der Waals surface area contributed by atoms with Crippen molar-refractivity contribution in [2.24, 2.45) is 0 Å². The second-order valence-electron chi connectivity index (χ2n) is 5.63. The van der Waals surface area contributed by atoms with E-state index in [2.05, 4.69) is 30.5 Å². The Labute approximate surface area is 136 Å². The SMILES string of the molecule is COCC1CN(c2nc(NCCO)nc(NC(C)C)n2)CCO1. The number of morpholine rings is 1. The molecule has 9 nitrogen and oxygen atoms in total. The van der Waals surface area contributed by atoms with E-state index in [1.165, 1.54) is 0 Å². The van der Waals surface area contributed by atoms with Gasteiger partial charge in [0.1, 0.15) is 0 Å². The molecular formula is C14H26N6O3. The van der Waals surface area contributed by atoms with E-state index < -0.39 is 0 Å². The average molecular weight is 326 g/mol. The molecule has 3 N–H and O–H groups in total. The van der Waals surface area contributed by atoms with E-state index in [1.807, 2.05) is 13.8 Å². The molecule has 2 rings (SSSR count). The maximum absolute atomic E-state index is 8.96. The number of hydrogen-bond donors (Lipinski definition) is 3. The fourth-order valence-corrected chi connectivity index (χ4v) is 2.26. The maximum atomic E-state index is 8.96. The van der Waals surface area contributed by atoms with Crippen LogP contribution < -0.4 is 15.5 Å². The van der Waals surface area contributed by atoms with Gasteiger partial charge >= 0.3 is 0 Å². The third-order valence-corrected chi connectivity index (χ3v) is 3.21. The molecule has 0 saturated carbocycles. The Morgan fingerprint density at radius 2 is 2.13 bits per heavy atom. The van der Waals surface area contributed by atoms with Crippen molar-refractivity contribution in [2.45, 2.75) is 26.0 Å². The van der Waals surface area contributed by atoms with Crippen LogP contribution in [0, 0.1) is 0 Å². The molecule has 1 atom stereocenters. The number of methoxy groups -OCH3 is 1. The summed E-state index contributed by atoms with van der Waals surface area (Å²) in [5.74, 6) is 1.55. The lowest BCUT2D eigenvalue weighted by Crippen LogP contribution is -2.45. The van der Waals surface area contributed by atoms with Gasteiger partial charge in [-0.1, -0.05) is 0 Å². The fourth-order valence-electron chi connectivity index (χ4n) is 2.26. The Morgan fingerprint density at radius 1 is 1.35 bits per heavy atom. The lowest BCUT2D eigenvalue weighted by Gasteiger charge is -2.32. The molecule has 0 aliphatic carbocycles. The summed E-state index contributed by atoms with van der Waals surface area (Å²) in [7, 11) is 1.66. The molecule has 1 aliphatic rings. The van der Waals surface area contributed by atoms with E-state index in [0.717, 1.165) is 0 Å². The van der Waals surface area contributed by atoms with E-state index in [9.17, 15) is 0 Å². The molecule has 130 valence electrons. The van der Waals surface area contributed by atoms with E-state index in [0.29, 0.717) is 50.7 Å². The molecule has 1 aliphatic heterocycles. The zero-order chi connectivity index (χ0) is 16.7. The zero-order valence-corrected chi connectivity index (χ0v) is 13.9. The van der Waals surface area contributed by atoms with Crippen LogP contribution in [0.3, 0.4) is 0 Å². The van der Waals surface area contributed by atoms with E-state index in [1.54, 1.807) is 7.11 Å². The Morgan fingerprint density at radius 3 is 2.83 bits per heavy atom. The van der Waals surface area contributed by atoms with Crippen molar-refractivity contribution in [1.82, 2.24) is 15.0 Å². The number of aliphatic hydroxyl groups is 1. The molecule has 0 aromatic carbocycles. The molecule has 1 unspecified atom stereocenters. The first-order valence-corrected chi connectivity index (χ1v) is 7.85. The largest absolute Gasteiger partial charge is 0.395 e. The second-order valence-corrected chi connectivity index (χ2v) is 5.63. The van der Waals surface area contributed by atoms with Gasteiger partial charge in [0.05, 0.1) is 25.9 Å². The van der Waals surface area contributed by atoms with Gasteiger partial charge in [0, 0.05) is 32.8 Å². The van der Waals surface area contributed by atoms with Crippen LogP contribution in [0.25, 0.3) is 0 Å². The van der Waals surface area contributed by atoms with Crippen LogP contribution in [0.4, 0.5) is 17.8 Å². The van der Waals surface area contributed by atoms with Gasteiger partial charge in [-0.05, 0) is 13.8 Å². The van der Waals surface area contributed by atoms with Crippen molar-refractivity contribution in [3.8, 4) is 0 Å². The monoisotopic (exact) mass is 326 g/mol. The molecule has 1 aromatic heterocycles. The highest BCUT2D eigenvalue weighted by atomic mass is 16.5. The predicted molar refractivity (Wildman–Crippen MR) is 88.0 cm³/mol. The molecule has 0 amide bonds. The molecule has 0 radical (unpaired) electrons. The molecule has 1 saturated heterocycles. The maximum Gasteiger partial charge on any atom is 0.232 e. The van der Waals surface area contributed by atoms with Gasteiger partial charge in [0.2, 0.25) is 17.8 Å². The highest BCUT2D eigenvalue weighted by molar-refractivity contribution is 5.44. The number of nitrogens with one attached hydrogen (secondary N) is 2. The number of rotatable bonds is 8. The highest BCUT2D eigenvalue weighted by Gasteiger charge is 2.23. The number of ether oxygens (including phenoxy) is 2. The number of aliphatic hydroxyl groups excluding tert-OH is 1. The summed E-state index contributed by atoms with van der Waals surface area (Å²) < 4.78 is 10.8. The molecule has 0 spiro atoms. The summed E-state index contributed by atoms with van der Waals surface area (Å²) in [4.78, 5) is 15.3. The molecule has 0 bridgehead atoms. The summed E-state index contributed by atoms with van der Waals surface area (Å²) in [6.45, 7) is 6.96. The lowest BCUT2D eigenvalue weighted by atomic mass is 10.3. The quantitative estimate of drug-likeness (QED) is 0.606. The van der Waals surface area contributed by atoms with Crippen LogP contribution in [-0.4, -0.2) is 78.8 Å². The van der Waals surface area contributed by atoms with Crippen molar-refractivity contribution in [3.63, 3.8) is 0 Å². The Hall–Kier alpha value is -1.71. The van der Waals surface area contributed by atoms with Crippen LogP contribution in [0.5, 0.6) is 0 Å². The zero-order valence-electron chi connectivity index (χ0n) is 13.9. The van der Waals surface area contributed by atoms with Gasteiger partial charge in [-0.2, -0.15) is 15.0 Å². The molecule has 2 heterocycles. The summed E-state index contributed by atoms with van der Waals surface area (Å²) in [5, 5.41) is 15.1. The van der Waals surface area contributed by atoms with Crippen molar-refractivity contribution in [3.05, 3.63) is 0 Å². The van der Waals surface area contributed by atoms with E-state index in [4.69, 9.17) is 14.6 Å². The number of aromatic nitrogens is 3. The summed E-state index contributed by atoms with van der Waals surface area (Å²) in [5.41, 5.74) is 0. The Balaban J connectivity index is 2.17. The minimum absolute atomic E-state index is 0.000809. The Kier molecular flexibility index (Phi) is 6.75. The number of hydrogen-bond acceptors (Lipinski definition) is 9. The summed E-state index contributed by atoms with van der Waals surface area (Å²) in [6.07, 6.45) is 0.000809.